The fourth-order valence-corrected chi connectivity index (χ4v) is 4.21. The summed E-state index contributed by atoms with van der Waals surface area (Å²) >= 11 is 1.46. The number of carbonyl (C=O) groups excluding carboxylic acids is 1. The molecule has 5 nitrogen and oxygen atoms in total. The van der Waals surface area contributed by atoms with Crippen LogP contribution in [-0.4, -0.2) is 26.4 Å². The SMILES string of the molecule is CCn1c(CC2CCCCC2)nnc1SCC(=O)Nc1ccccc1. The first-order valence-corrected chi connectivity index (χ1v) is 10.1. The van der Waals surface area contributed by atoms with E-state index in [0.717, 1.165) is 35.6 Å². The lowest BCUT2D eigenvalue weighted by atomic mass is 9.87. The summed E-state index contributed by atoms with van der Waals surface area (Å²) in [5.41, 5.74) is 0.822. The number of hydrogen-bond donors (Lipinski definition) is 1. The van der Waals surface area contributed by atoms with Gasteiger partial charge in [-0.05, 0) is 25.0 Å². The van der Waals surface area contributed by atoms with Gasteiger partial charge in [0.2, 0.25) is 5.91 Å². The van der Waals surface area contributed by atoms with Gasteiger partial charge in [0.25, 0.3) is 0 Å². The number of benzene rings is 1. The van der Waals surface area contributed by atoms with Crippen molar-refractivity contribution < 1.29 is 4.79 Å². The largest absolute Gasteiger partial charge is 0.325 e. The van der Waals surface area contributed by atoms with Gasteiger partial charge in [-0.15, -0.1) is 10.2 Å². The Morgan fingerprint density at radius 3 is 2.68 bits per heavy atom. The summed E-state index contributed by atoms with van der Waals surface area (Å²) in [6.45, 7) is 2.96. The molecule has 1 saturated carbocycles. The molecular weight excluding hydrogens is 332 g/mol. The third kappa shape index (κ3) is 5.08. The van der Waals surface area contributed by atoms with Crippen LogP contribution in [0, 0.1) is 5.92 Å². The first kappa shape index (κ1) is 18.0. The summed E-state index contributed by atoms with van der Waals surface area (Å²) in [4.78, 5) is 12.1. The molecule has 0 aliphatic heterocycles. The van der Waals surface area contributed by atoms with Crippen molar-refractivity contribution in [1.29, 1.82) is 0 Å². The topological polar surface area (TPSA) is 59.8 Å². The molecule has 25 heavy (non-hydrogen) atoms. The number of carbonyl (C=O) groups is 1. The van der Waals surface area contributed by atoms with Gasteiger partial charge in [-0.3, -0.25) is 4.79 Å². The second-order valence-corrected chi connectivity index (χ2v) is 7.50. The molecule has 2 aromatic rings. The Labute approximate surface area is 153 Å². The van der Waals surface area contributed by atoms with Crippen molar-refractivity contribution >= 4 is 23.4 Å². The van der Waals surface area contributed by atoms with Crippen molar-refractivity contribution in [3.63, 3.8) is 0 Å². The van der Waals surface area contributed by atoms with Crippen LogP contribution >= 0.6 is 11.8 Å². The summed E-state index contributed by atoms with van der Waals surface area (Å²) in [6.07, 6.45) is 7.67. The fraction of sp³-hybridized carbons (Fsp3) is 0.526. The van der Waals surface area contributed by atoms with E-state index in [4.69, 9.17) is 0 Å². The maximum Gasteiger partial charge on any atom is 0.234 e. The number of para-hydroxylation sites is 1. The zero-order valence-corrected chi connectivity index (χ0v) is 15.6. The first-order valence-electron chi connectivity index (χ1n) is 9.16. The molecule has 0 atom stereocenters. The van der Waals surface area contributed by atoms with E-state index in [0.29, 0.717) is 5.75 Å². The van der Waals surface area contributed by atoms with Gasteiger partial charge >= 0.3 is 0 Å². The number of anilines is 1. The van der Waals surface area contributed by atoms with Crippen LogP contribution in [0.4, 0.5) is 5.69 Å². The summed E-state index contributed by atoms with van der Waals surface area (Å²) in [5, 5.41) is 12.5. The predicted molar refractivity (Wildman–Crippen MR) is 102 cm³/mol. The molecule has 1 aromatic carbocycles. The standard InChI is InChI=1S/C19H26N4OS/c1-2-23-17(13-15-9-5-3-6-10-15)21-22-19(23)25-14-18(24)20-16-11-7-4-8-12-16/h4,7-8,11-12,15H,2-3,5-6,9-10,13-14H2,1H3,(H,20,24). The molecule has 134 valence electrons. The van der Waals surface area contributed by atoms with E-state index in [1.54, 1.807) is 0 Å². The highest BCUT2D eigenvalue weighted by Gasteiger charge is 2.19. The molecule has 0 radical (unpaired) electrons. The van der Waals surface area contributed by atoms with E-state index in [9.17, 15) is 4.79 Å². The second kappa shape index (κ2) is 9.04. The lowest BCUT2D eigenvalue weighted by Crippen LogP contribution is -2.15. The summed E-state index contributed by atoms with van der Waals surface area (Å²) < 4.78 is 2.16. The summed E-state index contributed by atoms with van der Waals surface area (Å²) in [5.74, 6) is 2.13. The lowest BCUT2D eigenvalue weighted by Gasteiger charge is -2.21. The number of nitrogens with zero attached hydrogens (tertiary/aromatic N) is 3. The molecule has 1 N–H and O–H groups in total. The third-order valence-corrected chi connectivity index (χ3v) is 5.66. The Kier molecular flexibility index (Phi) is 6.50. The fourth-order valence-electron chi connectivity index (χ4n) is 3.39. The minimum absolute atomic E-state index is 0.0179. The van der Waals surface area contributed by atoms with Crippen molar-refractivity contribution in [2.24, 2.45) is 5.92 Å². The van der Waals surface area contributed by atoms with Gasteiger partial charge in [-0.1, -0.05) is 62.1 Å². The Morgan fingerprint density at radius 1 is 1.20 bits per heavy atom. The van der Waals surface area contributed by atoms with E-state index in [1.807, 2.05) is 30.3 Å². The van der Waals surface area contributed by atoms with Crippen LogP contribution in [0.3, 0.4) is 0 Å². The van der Waals surface area contributed by atoms with E-state index in [2.05, 4.69) is 27.0 Å². The van der Waals surface area contributed by atoms with Crippen LogP contribution < -0.4 is 5.32 Å². The molecule has 0 unspecified atom stereocenters. The number of aromatic nitrogens is 3. The second-order valence-electron chi connectivity index (χ2n) is 6.55. The van der Waals surface area contributed by atoms with Crippen molar-refractivity contribution in [2.45, 2.75) is 57.1 Å². The van der Waals surface area contributed by atoms with E-state index >= 15 is 0 Å². The molecule has 1 aliphatic rings. The minimum atomic E-state index is -0.0179. The molecule has 1 amide bonds. The Hall–Kier alpha value is -1.82. The van der Waals surface area contributed by atoms with Crippen LogP contribution in [-0.2, 0) is 17.8 Å². The molecule has 6 heteroatoms. The van der Waals surface area contributed by atoms with Gasteiger partial charge in [-0.25, -0.2) is 0 Å². The Morgan fingerprint density at radius 2 is 1.96 bits per heavy atom. The average molecular weight is 359 g/mol. The maximum absolute atomic E-state index is 12.1. The summed E-state index contributed by atoms with van der Waals surface area (Å²) in [7, 11) is 0. The molecule has 0 bridgehead atoms. The van der Waals surface area contributed by atoms with Gasteiger partial charge in [0.1, 0.15) is 5.82 Å². The maximum atomic E-state index is 12.1. The molecule has 0 spiro atoms. The van der Waals surface area contributed by atoms with Crippen LogP contribution in [0.5, 0.6) is 0 Å². The normalized spacial score (nSPS) is 15.2. The van der Waals surface area contributed by atoms with Gasteiger partial charge in [0, 0.05) is 18.7 Å². The lowest BCUT2D eigenvalue weighted by molar-refractivity contribution is -0.113. The number of amides is 1. The monoisotopic (exact) mass is 358 g/mol. The van der Waals surface area contributed by atoms with Gasteiger partial charge < -0.3 is 9.88 Å². The predicted octanol–water partition coefficient (Wildman–Crippen LogP) is 4.15. The molecule has 1 heterocycles. The highest BCUT2D eigenvalue weighted by Crippen LogP contribution is 2.27. The van der Waals surface area contributed by atoms with Gasteiger partial charge in [-0.2, -0.15) is 0 Å². The zero-order valence-electron chi connectivity index (χ0n) is 14.8. The molecule has 1 fully saturated rings. The van der Waals surface area contributed by atoms with Crippen LogP contribution in [0.1, 0.15) is 44.9 Å². The van der Waals surface area contributed by atoms with E-state index in [1.165, 1.54) is 43.9 Å². The molecule has 1 aliphatic carbocycles. The quantitative estimate of drug-likeness (QED) is 0.755. The van der Waals surface area contributed by atoms with E-state index < -0.39 is 0 Å². The highest BCUT2D eigenvalue weighted by molar-refractivity contribution is 7.99. The Balaban J connectivity index is 1.56. The van der Waals surface area contributed by atoms with Crippen molar-refractivity contribution in [2.75, 3.05) is 11.1 Å². The zero-order chi connectivity index (χ0) is 17.5. The first-order chi connectivity index (χ1) is 12.3. The smallest absolute Gasteiger partial charge is 0.234 e. The van der Waals surface area contributed by atoms with Crippen molar-refractivity contribution in [3.05, 3.63) is 36.2 Å². The van der Waals surface area contributed by atoms with Crippen molar-refractivity contribution in [1.82, 2.24) is 14.8 Å². The number of nitrogens with one attached hydrogen (secondary N) is 1. The van der Waals surface area contributed by atoms with Crippen LogP contribution in [0.2, 0.25) is 0 Å². The number of rotatable bonds is 7. The van der Waals surface area contributed by atoms with Crippen LogP contribution in [0.15, 0.2) is 35.5 Å². The molecule has 0 saturated heterocycles. The third-order valence-electron chi connectivity index (χ3n) is 4.70. The van der Waals surface area contributed by atoms with Gasteiger partial charge in [0.15, 0.2) is 5.16 Å². The number of hydrogen-bond acceptors (Lipinski definition) is 4. The van der Waals surface area contributed by atoms with Crippen LogP contribution in [0.25, 0.3) is 0 Å². The Bertz CT molecular complexity index is 680. The average Bonchev–Trinajstić information content (AvgIpc) is 3.03. The minimum Gasteiger partial charge on any atom is -0.325 e. The summed E-state index contributed by atoms with van der Waals surface area (Å²) in [6, 6.07) is 9.53. The highest BCUT2D eigenvalue weighted by atomic mass is 32.2. The molecule has 1 aromatic heterocycles. The van der Waals surface area contributed by atoms with E-state index in [-0.39, 0.29) is 5.91 Å². The number of thioether (sulfide) groups is 1. The van der Waals surface area contributed by atoms with Gasteiger partial charge in [0.05, 0.1) is 5.75 Å². The van der Waals surface area contributed by atoms with Crippen molar-refractivity contribution in [3.8, 4) is 0 Å². The molecular formula is C19H26N4OS. The molecule has 3 rings (SSSR count).